The van der Waals surface area contributed by atoms with Crippen molar-refractivity contribution in [3.8, 4) is 11.1 Å². The number of amidine groups is 1. The minimum absolute atomic E-state index is 0.0244. The monoisotopic (exact) mass is 437 g/mol. The second kappa shape index (κ2) is 9.13. The molecule has 0 amide bonds. The molecule has 0 aliphatic carbocycles. The van der Waals surface area contributed by atoms with Crippen LogP contribution in [0.4, 0.5) is 0 Å². The number of pyridine rings is 1. The molecule has 2 heterocycles. The maximum Gasteiger partial charge on any atom is 0.162 e. The molecule has 0 unspecified atom stereocenters. The van der Waals surface area contributed by atoms with Crippen molar-refractivity contribution in [1.29, 1.82) is 10.8 Å². The Labute approximate surface area is 191 Å². The van der Waals surface area contributed by atoms with E-state index in [9.17, 15) is 0 Å². The van der Waals surface area contributed by atoms with Gasteiger partial charge in [-0.25, -0.2) is 0 Å². The van der Waals surface area contributed by atoms with Crippen LogP contribution in [-0.2, 0) is 6.42 Å². The Balaban J connectivity index is 1.74. The Bertz CT molecular complexity index is 936. The number of aryl methyl sites for hydroxylation is 1. The number of hydrogen-bond acceptors (Lipinski definition) is 5. The topological polar surface area (TPSA) is 75.9 Å². The van der Waals surface area contributed by atoms with Gasteiger partial charge in [0.2, 0.25) is 0 Å². The number of rotatable bonds is 4. The molecular weight excluding hydrogens is 402 g/mol. The van der Waals surface area contributed by atoms with Gasteiger partial charge >= 0.3 is 0 Å². The van der Waals surface area contributed by atoms with Gasteiger partial charge in [0.15, 0.2) is 5.17 Å². The van der Waals surface area contributed by atoms with Gasteiger partial charge in [0, 0.05) is 42.1 Å². The summed E-state index contributed by atoms with van der Waals surface area (Å²) in [4.78, 5) is 6.27. The zero-order valence-corrected chi connectivity index (χ0v) is 20.4. The van der Waals surface area contributed by atoms with E-state index in [0.29, 0.717) is 10.2 Å². The molecule has 2 aromatic rings. The number of benzene rings is 1. The van der Waals surface area contributed by atoms with Crippen LogP contribution in [0.3, 0.4) is 0 Å². The molecule has 0 radical (unpaired) electrons. The quantitative estimate of drug-likeness (QED) is 0.433. The van der Waals surface area contributed by atoms with Crippen LogP contribution in [0.1, 0.15) is 58.6 Å². The summed E-state index contributed by atoms with van der Waals surface area (Å²) in [5.41, 5.74) is 4.26. The molecular formula is C25H35N5S. The zero-order valence-electron chi connectivity index (χ0n) is 19.5. The molecule has 31 heavy (non-hydrogen) atoms. The molecule has 166 valence electrons. The maximum atomic E-state index is 8.71. The van der Waals surface area contributed by atoms with Crippen molar-refractivity contribution in [2.45, 2.75) is 71.0 Å². The average Bonchev–Trinajstić information content (AvgIpc) is 2.71. The maximum absolute atomic E-state index is 8.71. The lowest BCUT2D eigenvalue weighted by Gasteiger charge is -2.49. The Morgan fingerprint density at radius 1 is 1.13 bits per heavy atom. The third kappa shape index (κ3) is 5.74. The van der Waals surface area contributed by atoms with Gasteiger partial charge in [0.1, 0.15) is 5.04 Å². The van der Waals surface area contributed by atoms with Crippen molar-refractivity contribution in [3.05, 3.63) is 53.9 Å². The minimum atomic E-state index is 0.0244. The van der Waals surface area contributed by atoms with Crippen molar-refractivity contribution in [1.82, 2.24) is 15.2 Å². The van der Waals surface area contributed by atoms with E-state index in [1.54, 1.807) is 6.20 Å². The highest BCUT2D eigenvalue weighted by molar-refractivity contribution is 8.26. The fourth-order valence-corrected chi connectivity index (χ4v) is 5.55. The average molecular weight is 438 g/mol. The highest BCUT2D eigenvalue weighted by Crippen LogP contribution is 2.33. The smallest absolute Gasteiger partial charge is 0.162 e. The van der Waals surface area contributed by atoms with Gasteiger partial charge < -0.3 is 10.2 Å². The summed E-state index contributed by atoms with van der Waals surface area (Å²) in [6.07, 6.45) is 6.43. The molecule has 1 aliphatic heterocycles. The molecule has 3 rings (SSSR count). The van der Waals surface area contributed by atoms with Gasteiger partial charge in [-0.15, -0.1) is 0 Å². The number of piperidine rings is 1. The molecule has 6 heteroatoms. The van der Waals surface area contributed by atoms with Crippen LogP contribution in [0.5, 0.6) is 0 Å². The van der Waals surface area contributed by atoms with Crippen LogP contribution in [-0.4, -0.2) is 44.3 Å². The van der Waals surface area contributed by atoms with Crippen LogP contribution in [0.25, 0.3) is 11.1 Å². The summed E-state index contributed by atoms with van der Waals surface area (Å²) in [7, 11) is 2.00. The van der Waals surface area contributed by atoms with Crippen molar-refractivity contribution in [2.75, 3.05) is 7.05 Å². The molecule has 5 nitrogen and oxygen atoms in total. The molecule has 0 atom stereocenters. The predicted molar refractivity (Wildman–Crippen MR) is 133 cm³/mol. The molecule has 0 bridgehead atoms. The van der Waals surface area contributed by atoms with Crippen LogP contribution >= 0.6 is 11.8 Å². The SMILES string of the molecule is CCc1cc(-c2cccnc2)ccc1C(=N)SC(=N)N(C)C1CC(C)(C)NC(C)(C)C1. The molecule has 3 N–H and O–H groups in total. The van der Waals surface area contributed by atoms with Crippen LogP contribution in [0.2, 0.25) is 0 Å². The van der Waals surface area contributed by atoms with Crippen LogP contribution < -0.4 is 5.32 Å². The number of thioether (sulfide) groups is 1. The summed E-state index contributed by atoms with van der Waals surface area (Å²) in [5, 5.41) is 22.0. The van der Waals surface area contributed by atoms with E-state index in [4.69, 9.17) is 10.8 Å². The molecule has 1 fully saturated rings. The van der Waals surface area contributed by atoms with E-state index in [1.807, 2.05) is 37.5 Å². The zero-order chi connectivity index (χ0) is 22.8. The summed E-state index contributed by atoms with van der Waals surface area (Å²) in [6.45, 7) is 11.0. The molecule has 1 saturated heterocycles. The summed E-state index contributed by atoms with van der Waals surface area (Å²) in [6, 6.07) is 10.5. The van der Waals surface area contributed by atoms with Gasteiger partial charge in [-0.1, -0.05) is 31.2 Å². The Morgan fingerprint density at radius 3 is 2.39 bits per heavy atom. The molecule has 1 aliphatic rings. The van der Waals surface area contributed by atoms with Gasteiger partial charge in [0.05, 0.1) is 0 Å². The third-order valence-electron chi connectivity index (χ3n) is 5.96. The lowest BCUT2D eigenvalue weighted by atomic mass is 9.79. The lowest BCUT2D eigenvalue weighted by Crippen LogP contribution is -2.62. The van der Waals surface area contributed by atoms with E-state index in [2.05, 4.69) is 55.9 Å². The number of aromatic nitrogens is 1. The summed E-state index contributed by atoms with van der Waals surface area (Å²) >= 11 is 1.25. The van der Waals surface area contributed by atoms with Gasteiger partial charge in [-0.2, -0.15) is 0 Å². The molecule has 0 saturated carbocycles. The second-order valence-corrected chi connectivity index (χ2v) is 10.8. The standard InChI is InChI=1S/C25H35N5S/c1-7-17-13-18(19-9-8-12-28-16-19)10-11-21(17)22(26)31-23(27)30(6)20-14-24(2,3)29-25(4,5)15-20/h8-13,16,20,26-27,29H,7,14-15H2,1-6H3. The van der Waals surface area contributed by atoms with Crippen LogP contribution in [0, 0.1) is 10.8 Å². The second-order valence-electron chi connectivity index (χ2n) is 9.77. The Morgan fingerprint density at radius 2 is 1.81 bits per heavy atom. The Kier molecular flexibility index (Phi) is 6.92. The van der Waals surface area contributed by atoms with E-state index in [-0.39, 0.29) is 17.1 Å². The van der Waals surface area contributed by atoms with E-state index in [0.717, 1.165) is 41.5 Å². The van der Waals surface area contributed by atoms with Gasteiger partial charge in [-0.3, -0.25) is 15.8 Å². The largest absolute Gasteiger partial charge is 0.351 e. The lowest BCUT2D eigenvalue weighted by molar-refractivity contribution is 0.114. The summed E-state index contributed by atoms with van der Waals surface area (Å²) in [5.74, 6) is 0. The minimum Gasteiger partial charge on any atom is -0.351 e. The van der Waals surface area contributed by atoms with Gasteiger partial charge in [0.25, 0.3) is 0 Å². The highest BCUT2D eigenvalue weighted by Gasteiger charge is 2.39. The number of nitrogens with zero attached hydrogens (tertiary/aromatic N) is 2. The summed E-state index contributed by atoms with van der Waals surface area (Å²) < 4.78 is 0. The first kappa shape index (κ1) is 23.5. The molecule has 1 aromatic carbocycles. The first-order chi connectivity index (χ1) is 14.5. The molecule has 1 aromatic heterocycles. The van der Waals surface area contributed by atoms with Crippen molar-refractivity contribution in [2.24, 2.45) is 0 Å². The van der Waals surface area contributed by atoms with Crippen molar-refractivity contribution < 1.29 is 0 Å². The van der Waals surface area contributed by atoms with Crippen LogP contribution in [0.15, 0.2) is 42.7 Å². The Hall–Kier alpha value is -2.18. The number of nitrogens with one attached hydrogen (secondary N) is 3. The van der Waals surface area contributed by atoms with Crippen molar-refractivity contribution in [3.63, 3.8) is 0 Å². The number of hydrogen-bond donors (Lipinski definition) is 3. The van der Waals surface area contributed by atoms with Crippen molar-refractivity contribution >= 4 is 22.0 Å². The fraction of sp³-hybridized carbons (Fsp3) is 0.480. The normalized spacial score (nSPS) is 17.9. The predicted octanol–water partition coefficient (Wildman–Crippen LogP) is 5.55. The van der Waals surface area contributed by atoms with E-state index >= 15 is 0 Å². The highest BCUT2D eigenvalue weighted by atomic mass is 32.2. The van der Waals surface area contributed by atoms with E-state index in [1.165, 1.54) is 11.8 Å². The van der Waals surface area contributed by atoms with Gasteiger partial charge in [-0.05, 0) is 81.5 Å². The third-order valence-corrected chi connectivity index (χ3v) is 6.87. The molecule has 0 spiro atoms. The first-order valence-electron chi connectivity index (χ1n) is 10.9. The van der Waals surface area contributed by atoms with E-state index < -0.39 is 0 Å². The first-order valence-corrected chi connectivity index (χ1v) is 11.7. The fourth-order valence-electron chi connectivity index (χ4n) is 4.75.